The van der Waals surface area contributed by atoms with Crippen molar-refractivity contribution in [3.05, 3.63) is 0 Å². The molecule has 0 fully saturated rings. The van der Waals surface area contributed by atoms with Crippen LogP contribution in [-0.2, 0) is 14.3 Å². The number of nitrogens with one attached hydrogen (secondary N) is 1. The van der Waals surface area contributed by atoms with E-state index in [1.54, 1.807) is 6.92 Å². The number of hydrogen-bond donors (Lipinski definition) is 1. The predicted octanol–water partition coefficient (Wildman–Crippen LogP) is 1.59. The van der Waals surface area contributed by atoms with E-state index >= 15 is 0 Å². The molecule has 94 valence electrons. The molecule has 0 saturated carbocycles. The minimum Gasteiger partial charge on any atom is -0.458 e. The molecule has 0 aliphatic rings. The molecule has 1 atom stereocenters. The van der Waals surface area contributed by atoms with Gasteiger partial charge in [0.2, 0.25) is 5.91 Å². The summed E-state index contributed by atoms with van der Waals surface area (Å²) in [6.45, 7) is 7.18. The molecule has 1 N–H and O–H groups in total. The van der Waals surface area contributed by atoms with Crippen LogP contribution in [0, 0.1) is 0 Å². The third-order valence-corrected chi connectivity index (χ3v) is 2.35. The van der Waals surface area contributed by atoms with Gasteiger partial charge in [0.15, 0.2) is 0 Å². The number of carbonyl (C=O) groups is 2. The topological polar surface area (TPSA) is 55.4 Å². The average molecular weight is 247 g/mol. The smallest absolute Gasteiger partial charge is 0.330 e. The second-order valence-electron chi connectivity index (χ2n) is 4.46. The molecular weight excluding hydrogens is 226 g/mol. The second-order valence-corrected chi connectivity index (χ2v) is 5.37. The van der Waals surface area contributed by atoms with Crippen LogP contribution in [0.25, 0.3) is 0 Å². The van der Waals surface area contributed by atoms with E-state index in [0.717, 1.165) is 0 Å². The van der Waals surface area contributed by atoms with E-state index in [-0.39, 0.29) is 11.9 Å². The van der Waals surface area contributed by atoms with Crippen LogP contribution in [0.4, 0.5) is 0 Å². The Labute approximate surface area is 101 Å². The standard InChI is InChI=1S/C11H21NO3S/c1-6-9(13)12-8(7-16-5)10(14)15-11(2,3)4/h8H,6-7H2,1-5H3,(H,12,13)/t8-/m0/s1. The molecule has 0 heterocycles. The van der Waals surface area contributed by atoms with Crippen molar-refractivity contribution in [1.82, 2.24) is 5.32 Å². The second kappa shape index (κ2) is 6.78. The zero-order valence-corrected chi connectivity index (χ0v) is 11.4. The van der Waals surface area contributed by atoms with Gasteiger partial charge in [-0.2, -0.15) is 11.8 Å². The van der Waals surface area contributed by atoms with E-state index in [2.05, 4.69) is 5.32 Å². The van der Waals surface area contributed by atoms with Crippen molar-refractivity contribution in [3.8, 4) is 0 Å². The van der Waals surface area contributed by atoms with Crippen LogP contribution in [0.5, 0.6) is 0 Å². The molecule has 0 unspecified atom stereocenters. The summed E-state index contributed by atoms with van der Waals surface area (Å²) in [6, 6.07) is -0.554. The molecule has 0 spiro atoms. The largest absolute Gasteiger partial charge is 0.458 e. The molecule has 0 radical (unpaired) electrons. The van der Waals surface area contributed by atoms with Gasteiger partial charge in [0.25, 0.3) is 0 Å². The fourth-order valence-electron chi connectivity index (χ4n) is 1.00. The summed E-state index contributed by atoms with van der Waals surface area (Å²) >= 11 is 1.50. The van der Waals surface area contributed by atoms with Crippen molar-refractivity contribution in [2.75, 3.05) is 12.0 Å². The summed E-state index contributed by atoms with van der Waals surface area (Å²) in [5.74, 6) is 0.0225. The number of carbonyl (C=O) groups excluding carboxylic acids is 2. The van der Waals surface area contributed by atoms with E-state index in [0.29, 0.717) is 12.2 Å². The molecule has 0 aliphatic carbocycles. The average Bonchev–Trinajstić information content (AvgIpc) is 2.14. The maximum atomic E-state index is 11.7. The Kier molecular flexibility index (Phi) is 6.48. The zero-order chi connectivity index (χ0) is 12.8. The van der Waals surface area contributed by atoms with E-state index in [1.165, 1.54) is 11.8 Å². The number of esters is 1. The van der Waals surface area contributed by atoms with Crippen LogP contribution in [-0.4, -0.2) is 35.5 Å². The Balaban J connectivity index is 4.40. The van der Waals surface area contributed by atoms with E-state index in [4.69, 9.17) is 4.74 Å². The van der Waals surface area contributed by atoms with Gasteiger partial charge in [-0.3, -0.25) is 4.79 Å². The lowest BCUT2D eigenvalue weighted by molar-refractivity contribution is -0.157. The van der Waals surface area contributed by atoms with Crippen molar-refractivity contribution in [2.24, 2.45) is 0 Å². The van der Waals surface area contributed by atoms with Crippen LogP contribution in [0.2, 0.25) is 0 Å². The quantitative estimate of drug-likeness (QED) is 0.750. The fourth-order valence-corrected chi connectivity index (χ4v) is 1.56. The summed E-state index contributed by atoms with van der Waals surface area (Å²) in [7, 11) is 0. The van der Waals surface area contributed by atoms with E-state index < -0.39 is 11.6 Å². The molecule has 1 amide bonds. The normalized spacial score (nSPS) is 13.1. The highest BCUT2D eigenvalue weighted by molar-refractivity contribution is 7.98. The Morgan fingerprint density at radius 3 is 2.31 bits per heavy atom. The van der Waals surface area contributed by atoms with Gasteiger partial charge in [-0.25, -0.2) is 4.79 Å². The lowest BCUT2D eigenvalue weighted by atomic mass is 10.2. The van der Waals surface area contributed by atoms with Crippen LogP contribution in [0.3, 0.4) is 0 Å². The lowest BCUT2D eigenvalue weighted by Crippen LogP contribution is -2.45. The molecule has 5 heteroatoms. The van der Waals surface area contributed by atoms with Gasteiger partial charge in [-0.05, 0) is 27.0 Å². The minimum atomic E-state index is -0.554. The van der Waals surface area contributed by atoms with Crippen molar-refractivity contribution in [2.45, 2.75) is 45.8 Å². The first-order valence-electron chi connectivity index (χ1n) is 5.31. The highest BCUT2D eigenvalue weighted by Crippen LogP contribution is 2.10. The van der Waals surface area contributed by atoms with Crippen molar-refractivity contribution >= 4 is 23.6 Å². The third-order valence-electron chi connectivity index (χ3n) is 1.68. The van der Waals surface area contributed by atoms with Gasteiger partial charge >= 0.3 is 5.97 Å². The number of amides is 1. The molecule has 4 nitrogen and oxygen atoms in total. The Morgan fingerprint density at radius 2 is 1.94 bits per heavy atom. The van der Waals surface area contributed by atoms with Crippen LogP contribution in [0.1, 0.15) is 34.1 Å². The number of hydrogen-bond acceptors (Lipinski definition) is 4. The van der Waals surface area contributed by atoms with Crippen molar-refractivity contribution in [3.63, 3.8) is 0 Å². The van der Waals surface area contributed by atoms with Crippen LogP contribution >= 0.6 is 11.8 Å². The number of rotatable bonds is 5. The molecule has 0 rings (SSSR count). The summed E-state index contributed by atoms with van der Waals surface area (Å²) in [4.78, 5) is 23.0. The van der Waals surface area contributed by atoms with Crippen LogP contribution in [0.15, 0.2) is 0 Å². The van der Waals surface area contributed by atoms with E-state index in [9.17, 15) is 9.59 Å². The lowest BCUT2D eigenvalue weighted by Gasteiger charge is -2.24. The Bertz CT molecular complexity index is 248. The highest BCUT2D eigenvalue weighted by atomic mass is 32.2. The van der Waals surface area contributed by atoms with Gasteiger partial charge in [-0.15, -0.1) is 0 Å². The Hall–Kier alpha value is -0.710. The van der Waals surface area contributed by atoms with Gasteiger partial charge in [0.1, 0.15) is 11.6 Å². The van der Waals surface area contributed by atoms with Crippen molar-refractivity contribution < 1.29 is 14.3 Å². The molecular formula is C11H21NO3S. The first-order chi connectivity index (χ1) is 7.30. The summed E-state index contributed by atoms with van der Waals surface area (Å²) in [6.07, 6.45) is 2.25. The Morgan fingerprint density at radius 1 is 1.38 bits per heavy atom. The van der Waals surface area contributed by atoms with Gasteiger partial charge in [0.05, 0.1) is 0 Å². The third kappa shape index (κ3) is 6.71. The van der Waals surface area contributed by atoms with Gasteiger partial charge in [0, 0.05) is 12.2 Å². The molecule has 0 saturated heterocycles. The van der Waals surface area contributed by atoms with Gasteiger partial charge < -0.3 is 10.1 Å². The highest BCUT2D eigenvalue weighted by Gasteiger charge is 2.25. The number of ether oxygens (including phenoxy) is 1. The predicted molar refractivity (Wildman–Crippen MR) is 66.4 cm³/mol. The summed E-state index contributed by atoms with van der Waals surface area (Å²) in [5.41, 5.74) is -0.523. The number of thioether (sulfide) groups is 1. The van der Waals surface area contributed by atoms with Crippen LogP contribution < -0.4 is 5.32 Å². The molecule has 0 aromatic carbocycles. The van der Waals surface area contributed by atoms with E-state index in [1.807, 2.05) is 27.0 Å². The fraction of sp³-hybridized carbons (Fsp3) is 0.818. The maximum Gasteiger partial charge on any atom is 0.330 e. The first-order valence-corrected chi connectivity index (χ1v) is 6.70. The first kappa shape index (κ1) is 15.3. The molecule has 16 heavy (non-hydrogen) atoms. The molecule has 0 bridgehead atoms. The molecule has 0 aliphatic heterocycles. The molecule has 0 aromatic rings. The minimum absolute atomic E-state index is 0.134. The monoisotopic (exact) mass is 247 g/mol. The summed E-state index contributed by atoms with van der Waals surface area (Å²) in [5, 5.41) is 2.66. The van der Waals surface area contributed by atoms with Crippen molar-refractivity contribution in [1.29, 1.82) is 0 Å². The zero-order valence-electron chi connectivity index (χ0n) is 10.6. The summed E-state index contributed by atoms with van der Waals surface area (Å²) < 4.78 is 5.23. The molecule has 0 aromatic heterocycles. The van der Waals surface area contributed by atoms with Gasteiger partial charge in [-0.1, -0.05) is 6.92 Å². The maximum absolute atomic E-state index is 11.7. The SMILES string of the molecule is CCC(=O)N[C@@H](CSC)C(=O)OC(C)(C)C.